The molecule has 156 valence electrons. The normalized spacial score (nSPS) is 11.6. The molecule has 2 aromatic heterocycles. The molecule has 4 N–H and O–H groups in total. The number of aromatic nitrogens is 4. The molecule has 0 saturated carbocycles. The molecule has 0 radical (unpaired) electrons. The van der Waals surface area contributed by atoms with E-state index in [1.54, 1.807) is 6.07 Å². The van der Waals surface area contributed by atoms with Crippen LogP contribution in [0.5, 0.6) is 17.5 Å². The van der Waals surface area contributed by atoms with Gasteiger partial charge in [0.25, 0.3) is 0 Å². The molecule has 0 spiro atoms. The van der Waals surface area contributed by atoms with Gasteiger partial charge in [-0.3, -0.25) is 0 Å². The van der Waals surface area contributed by atoms with Crippen molar-refractivity contribution in [2.24, 2.45) is 0 Å². The Morgan fingerprint density at radius 1 is 1.00 bits per heavy atom. The van der Waals surface area contributed by atoms with Gasteiger partial charge in [0.2, 0.25) is 0 Å². The summed E-state index contributed by atoms with van der Waals surface area (Å²) in [4.78, 5) is 0. The van der Waals surface area contributed by atoms with Crippen LogP contribution in [0, 0.1) is 0 Å². The molecule has 0 fully saturated rings. The number of phenolic OH excluding ortho intramolecular Hbond substituents is 2. The standard InChI is InChI=1S/C22H25N5O3/c1-13(2)16-11-17(20(29)12-19(16)28)21-24-25-22(30)27(21)15-4-5-18-14(10-15)6-8-26(18)9-7-23-3/h4-6,8,10-13,23,28-29H,7,9H2,1-3H3,(H,25,30). The molecule has 4 aromatic rings. The minimum Gasteiger partial charge on any atom is -0.508 e. The Balaban J connectivity index is 1.83. The molecule has 0 aliphatic carbocycles. The van der Waals surface area contributed by atoms with Gasteiger partial charge in [-0.15, -0.1) is 5.10 Å². The van der Waals surface area contributed by atoms with E-state index >= 15 is 0 Å². The summed E-state index contributed by atoms with van der Waals surface area (Å²) in [7, 11) is 1.92. The Morgan fingerprint density at radius 3 is 2.53 bits per heavy atom. The summed E-state index contributed by atoms with van der Waals surface area (Å²) in [6.07, 6.45) is 2.03. The summed E-state index contributed by atoms with van der Waals surface area (Å²) < 4.78 is 3.64. The number of benzene rings is 2. The molecule has 30 heavy (non-hydrogen) atoms. The number of aromatic hydroxyl groups is 3. The van der Waals surface area contributed by atoms with E-state index in [0.29, 0.717) is 22.6 Å². The summed E-state index contributed by atoms with van der Waals surface area (Å²) in [5.41, 5.74) is 2.81. The van der Waals surface area contributed by atoms with Crippen molar-refractivity contribution < 1.29 is 15.3 Å². The minimum atomic E-state index is -0.280. The van der Waals surface area contributed by atoms with Crippen LogP contribution in [0.2, 0.25) is 0 Å². The average Bonchev–Trinajstić information content (AvgIpc) is 3.29. The first-order valence-corrected chi connectivity index (χ1v) is 9.85. The lowest BCUT2D eigenvalue weighted by Gasteiger charge is -2.14. The first kappa shape index (κ1) is 19.8. The van der Waals surface area contributed by atoms with Gasteiger partial charge in [-0.2, -0.15) is 0 Å². The van der Waals surface area contributed by atoms with Gasteiger partial charge in [0.05, 0.1) is 11.3 Å². The molecular formula is C22H25N5O3. The quantitative estimate of drug-likeness (QED) is 0.390. The molecule has 0 unspecified atom stereocenters. The highest BCUT2D eigenvalue weighted by atomic mass is 16.3. The third-order valence-electron chi connectivity index (χ3n) is 5.27. The maximum atomic E-state index is 10.5. The molecule has 2 aromatic carbocycles. The van der Waals surface area contributed by atoms with E-state index in [0.717, 1.165) is 24.0 Å². The van der Waals surface area contributed by atoms with Crippen LogP contribution < -0.4 is 5.32 Å². The third-order valence-corrected chi connectivity index (χ3v) is 5.27. The van der Waals surface area contributed by atoms with Crippen LogP contribution in [0.4, 0.5) is 0 Å². The highest BCUT2D eigenvalue weighted by Crippen LogP contribution is 2.39. The number of rotatable bonds is 6. The number of nitrogens with one attached hydrogen (secondary N) is 1. The number of fused-ring (bicyclic) bond motifs is 1. The van der Waals surface area contributed by atoms with E-state index < -0.39 is 0 Å². The Morgan fingerprint density at radius 2 is 1.80 bits per heavy atom. The van der Waals surface area contributed by atoms with Gasteiger partial charge in [-0.05, 0) is 48.9 Å². The van der Waals surface area contributed by atoms with Crippen LogP contribution in [0.25, 0.3) is 28.0 Å². The molecular weight excluding hydrogens is 382 g/mol. The SMILES string of the molecule is CNCCn1ccc2cc(-n3c(O)nnc3-c3cc(C(C)C)c(O)cc3O)ccc21. The van der Waals surface area contributed by atoms with Gasteiger partial charge in [-0.25, -0.2) is 4.57 Å². The van der Waals surface area contributed by atoms with Gasteiger partial charge >= 0.3 is 6.01 Å². The maximum absolute atomic E-state index is 10.5. The lowest BCUT2D eigenvalue weighted by Crippen LogP contribution is -2.14. The summed E-state index contributed by atoms with van der Waals surface area (Å²) in [6.45, 7) is 5.61. The Bertz CT molecular complexity index is 1210. The molecule has 0 bridgehead atoms. The number of nitrogens with zero attached hydrogens (tertiary/aromatic N) is 4. The first-order valence-electron chi connectivity index (χ1n) is 9.85. The van der Waals surface area contributed by atoms with Crippen molar-refractivity contribution in [1.82, 2.24) is 24.6 Å². The topological polar surface area (TPSA) is 108 Å². The Hall–Kier alpha value is -3.52. The molecule has 0 aliphatic rings. The highest BCUT2D eigenvalue weighted by Gasteiger charge is 2.21. The van der Waals surface area contributed by atoms with Crippen molar-refractivity contribution in [1.29, 1.82) is 0 Å². The zero-order valence-corrected chi connectivity index (χ0v) is 17.2. The fourth-order valence-electron chi connectivity index (χ4n) is 3.68. The van der Waals surface area contributed by atoms with E-state index in [9.17, 15) is 15.3 Å². The van der Waals surface area contributed by atoms with Gasteiger partial charge in [0, 0.05) is 36.3 Å². The predicted molar refractivity (Wildman–Crippen MR) is 115 cm³/mol. The van der Waals surface area contributed by atoms with E-state index in [4.69, 9.17) is 0 Å². The second-order valence-electron chi connectivity index (χ2n) is 7.60. The molecule has 2 heterocycles. The minimum absolute atomic E-state index is 0.0193. The average molecular weight is 407 g/mol. The number of likely N-dealkylation sites (N-methyl/N-ethyl adjacent to an activating group) is 1. The lowest BCUT2D eigenvalue weighted by atomic mass is 9.98. The third kappa shape index (κ3) is 3.35. The zero-order chi connectivity index (χ0) is 21.4. The molecule has 8 nitrogen and oxygen atoms in total. The van der Waals surface area contributed by atoms with Gasteiger partial charge in [0.1, 0.15) is 11.5 Å². The maximum Gasteiger partial charge on any atom is 0.319 e. The molecule has 0 amide bonds. The van der Waals surface area contributed by atoms with Crippen LogP contribution in [0.3, 0.4) is 0 Å². The highest BCUT2D eigenvalue weighted by molar-refractivity contribution is 5.83. The van der Waals surface area contributed by atoms with Crippen LogP contribution in [0.1, 0.15) is 25.3 Å². The summed E-state index contributed by atoms with van der Waals surface area (Å²) in [5.74, 6) is 0.222. The number of hydrogen-bond acceptors (Lipinski definition) is 6. The van der Waals surface area contributed by atoms with Crippen LogP contribution >= 0.6 is 0 Å². The smallest absolute Gasteiger partial charge is 0.319 e. The van der Waals surface area contributed by atoms with E-state index in [-0.39, 0.29) is 23.4 Å². The lowest BCUT2D eigenvalue weighted by molar-refractivity contribution is 0.420. The van der Waals surface area contributed by atoms with Gasteiger partial charge in [0.15, 0.2) is 5.82 Å². The van der Waals surface area contributed by atoms with Crippen molar-refractivity contribution >= 4 is 10.9 Å². The largest absolute Gasteiger partial charge is 0.508 e. The van der Waals surface area contributed by atoms with Crippen LogP contribution in [-0.2, 0) is 6.54 Å². The first-order chi connectivity index (χ1) is 14.4. The van der Waals surface area contributed by atoms with E-state index in [1.165, 1.54) is 10.6 Å². The van der Waals surface area contributed by atoms with Gasteiger partial charge < -0.3 is 25.2 Å². The van der Waals surface area contributed by atoms with Crippen molar-refractivity contribution in [3.8, 4) is 34.6 Å². The molecule has 0 aliphatic heterocycles. The second-order valence-corrected chi connectivity index (χ2v) is 7.60. The van der Waals surface area contributed by atoms with Crippen molar-refractivity contribution in [3.05, 3.63) is 48.2 Å². The fraction of sp³-hybridized carbons (Fsp3) is 0.273. The van der Waals surface area contributed by atoms with Crippen molar-refractivity contribution in [3.63, 3.8) is 0 Å². The van der Waals surface area contributed by atoms with E-state index in [2.05, 4.69) is 20.1 Å². The predicted octanol–water partition coefficient (Wildman–Crippen LogP) is 3.35. The van der Waals surface area contributed by atoms with Crippen LogP contribution in [0.15, 0.2) is 42.6 Å². The zero-order valence-electron chi connectivity index (χ0n) is 17.2. The Kier molecular flexibility index (Phi) is 5.09. The van der Waals surface area contributed by atoms with Gasteiger partial charge in [-0.1, -0.05) is 18.9 Å². The summed E-state index contributed by atoms with van der Waals surface area (Å²) >= 11 is 0. The van der Waals surface area contributed by atoms with Crippen molar-refractivity contribution in [2.75, 3.05) is 13.6 Å². The second kappa shape index (κ2) is 7.72. The molecule has 0 saturated heterocycles. The fourth-order valence-corrected chi connectivity index (χ4v) is 3.68. The molecule has 0 atom stereocenters. The molecule has 4 rings (SSSR count). The van der Waals surface area contributed by atoms with Crippen molar-refractivity contribution in [2.45, 2.75) is 26.3 Å². The number of phenols is 2. The number of hydrogen-bond donors (Lipinski definition) is 4. The monoisotopic (exact) mass is 407 g/mol. The van der Waals surface area contributed by atoms with Crippen LogP contribution in [-0.4, -0.2) is 48.2 Å². The summed E-state index contributed by atoms with van der Waals surface area (Å²) in [5, 5.41) is 43.1. The Labute approximate surface area is 174 Å². The van der Waals surface area contributed by atoms with E-state index in [1.807, 2.05) is 51.4 Å². The summed E-state index contributed by atoms with van der Waals surface area (Å²) in [6, 6.07) is 10.5. The molecule has 8 heteroatoms.